The largest absolute Gasteiger partial charge is 0.416 e. The maximum Gasteiger partial charge on any atom is 0.416 e. The molecule has 1 aromatic carbocycles. The predicted octanol–water partition coefficient (Wildman–Crippen LogP) is 3.26. The number of nitrogens with zero attached hydrogens (tertiary/aromatic N) is 5. The zero-order valence-electron chi connectivity index (χ0n) is 14.4. The molecule has 1 aliphatic carbocycles. The number of benzene rings is 1. The molecule has 1 aliphatic rings. The van der Waals surface area contributed by atoms with Crippen molar-refractivity contribution in [3.8, 4) is 0 Å². The van der Waals surface area contributed by atoms with Crippen molar-refractivity contribution in [1.29, 1.82) is 0 Å². The van der Waals surface area contributed by atoms with Crippen molar-refractivity contribution < 1.29 is 18.0 Å². The summed E-state index contributed by atoms with van der Waals surface area (Å²) in [6.45, 7) is 2.04. The first kappa shape index (κ1) is 17.4. The molecule has 2 heterocycles. The first-order valence-corrected chi connectivity index (χ1v) is 8.48. The fourth-order valence-corrected chi connectivity index (χ4v) is 2.87. The van der Waals surface area contributed by atoms with Crippen LogP contribution in [-0.4, -0.2) is 36.4 Å². The van der Waals surface area contributed by atoms with E-state index >= 15 is 0 Å². The summed E-state index contributed by atoms with van der Waals surface area (Å²) < 4.78 is 39.6. The molecule has 4 rings (SSSR count). The number of aromatic nitrogens is 4. The standard InChI is InChI=1S/C18H16F3N5O/c1-11-8-9-22-17-23-15(24-26(11)17)16(27)25(14-6-7-14)10-12-2-4-13(5-3-12)18(19,20)21/h2-5,8-9,14H,6-7,10H2,1H3. The van der Waals surface area contributed by atoms with Crippen LogP contribution in [0.5, 0.6) is 0 Å². The molecular formula is C18H16F3N5O. The van der Waals surface area contributed by atoms with Gasteiger partial charge in [0.2, 0.25) is 5.82 Å². The maximum atomic E-state index is 12.9. The van der Waals surface area contributed by atoms with Crippen molar-refractivity contribution in [1.82, 2.24) is 24.5 Å². The minimum atomic E-state index is -4.38. The molecule has 140 valence electrons. The van der Waals surface area contributed by atoms with E-state index < -0.39 is 11.7 Å². The van der Waals surface area contributed by atoms with E-state index in [1.54, 1.807) is 17.2 Å². The molecule has 0 saturated heterocycles. The van der Waals surface area contributed by atoms with Gasteiger partial charge in [-0.1, -0.05) is 12.1 Å². The fourth-order valence-electron chi connectivity index (χ4n) is 2.87. The van der Waals surface area contributed by atoms with Crippen LogP contribution in [0, 0.1) is 6.92 Å². The van der Waals surface area contributed by atoms with Gasteiger partial charge in [-0.3, -0.25) is 4.79 Å². The van der Waals surface area contributed by atoms with Crippen molar-refractivity contribution in [2.45, 2.75) is 38.5 Å². The molecule has 0 aliphatic heterocycles. The van der Waals surface area contributed by atoms with Crippen molar-refractivity contribution >= 4 is 11.7 Å². The second-order valence-electron chi connectivity index (χ2n) is 6.59. The summed E-state index contributed by atoms with van der Waals surface area (Å²) in [4.78, 5) is 22.8. The van der Waals surface area contributed by atoms with Gasteiger partial charge in [-0.05, 0) is 43.5 Å². The summed E-state index contributed by atoms with van der Waals surface area (Å²) >= 11 is 0. The topological polar surface area (TPSA) is 63.4 Å². The van der Waals surface area contributed by atoms with Crippen LogP contribution in [0.4, 0.5) is 13.2 Å². The minimum absolute atomic E-state index is 0.0376. The number of alkyl halides is 3. The molecule has 1 amide bonds. The van der Waals surface area contributed by atoms with E-state index in [0.29, 0.717) is 11.3 Å². The Morgan fingerprint density at radius 2 is 1.93 bits per heavy atom. The zero-order valence-corrected chi connectivity index (χ0v) is 14.4. The molecule has 0 bridgehead atoms. The lowest BCUT2D eigenvalue weighted by Crippen LogP contribution is -2.33. The Bertz CT molecular complexity index is 992. The van der Waals surface area contributed by atoms with Crippen LogP contribution >= 0.6 is 0 Å². The molecule has 3 aromatic rings. The molecule has 0 unspecified atom stereocenters. The monoisotopic (exact) mass is 375 g/mol. The average molecular weight is 375 g/mol. The Morgan fingerprint density at radius 1 is 1.22 bits per heavy atom. The van der Waals surface area contributed by atoms with Crippen molar-refractivity contribution in [2.24, 2.45) is 0 Å². The number of hydrogen-bond acceptors (Lipinski definition) is 4. The minimum Gasteiger partial charge on any atom is -0.329 e. The Morgan fingerprint density at radius 3 is 2.52 bits per heavy atom. The Hall–Kier alpha value is -2.97. The Kier molecular flexibility index (Phi) is 4.09. The zero-order chi connectivity index (χ0) is 19.2. The van der Waals surface area contributed by atoms with Gasteiger partial charge < -0.3 is 4.90 Å². The maximum absolute atomic E-state index is 12.9. The quantitative estimate of drug-likeness (QED) is 0.702. The summed E-state index contributed by atoms with van der Waals surface area (Å²) in [7, 11) is 0. The molecule has 9 heteroatoms. The van der Waals surface area contributed by atoms with Crippen LogP contribution in [0.1, 0.15) is 40.3 Å². The first-order valence-electron chi connectivity index (χ1n) is 8.48. The molecule has 0 atom stereocenters. The summed E-state index contributed by atoms with van der Waals surface area (Å²) in [6, 6.07) is 6.67. The molecule has 0 radical (unpaired) electrons. The van der Waals surface area contributed by atoms with E-state index in [4.69, 9.17) is 0 Å². The van der Waals surface area contributed by atoms with Gasteiger partial charge in [-0.15, -0.1) is 5.10 Å². The molecule has 6 nitrogen and oxygen atoms in total. The van der Waals surface area contributed by atoms with Crippen molar-refractivity contribution in [3.05, 3.63) is 59.2 Å². The van der Waals surface area contributed by atoms with Crippen LogP contribution < -0.4 is 0 Å². The van der Waals surface area contributed by atoms with Gasteiger partial charge in [0, 0.05) is 24.5 Å². The second kappa shape index (κ2) is 6.33. The van der Waals surface area contributed by atoms with Crippen LogP contribution in [-0.2, 0) is 12.7 Å². The van der Waals surface area contributed by atoms with E-state index in [1.165, 1.54) is 16.6 Å². The van der Waals surface area contributed by atoms with E-state index in [0.717, 1.165) is 30.7 Å². The number of carbonyl (C=O) groups is 1. The molecule has 0 N–H and O–H groups in total. The normalized spacial score (nSPS) is 14.5. The lowest BCUT2D eigenvalue weighted by atomic mass is 10.1. The third-order valence-electron chi connectivity index (χ3n) is 4.50. The highest BCUT2D eigenvalue weighted by Crippen LogP contribution is 2.31. The Labute approximate surface area is 152 Å². The number of hydrogen-bond donors (Lipinski definition) is 0. The first-order chi connectivity index (χ1) is 12.8. The van der Waals surface area contributed by atoms with Gasteiger partial charge in [0.1, 0.15) is 0 Å². The van der Waals surface area contributed by atoms with Gasteiger partial charge in [-0.25, -0.2) is 9.50 Å². The van der Waals surface area contributed by atoms with E-state index in [-0.39, 0.29) is 24.3 Å². The number of amides is 1. The molecule has 1 saturated carbocycles. The molecule has 0 spiro atoms. The lowest BCUT2D eigenvalue weighted by molar-refractivity contribution is -0.137. The molecule has 2 aromatic heterocycles. The number of aryl methyl sites for hydroxylation is 1. The number of rotatable bonds is 4. The highest BCUT2D eigenvalue weighted by atomic mass is 19.4. The highest BCUT2D eigenvalue weighted by molar-refractivity contribution is 5.91. The molecule has 1 fully saturated rings. The second-order valence-corrected chi connectivity index (χ2v) is 6.59. The van der Waals surface area contributed by atoms with Gasteiger partial charge in [0.15, 0.2) is 0 Å². The van der Waals surface area contributed by atoms with E-state index in [2.05, 4.69) is 15.1 Å². The van der Waals surface area contributed by atoms with Gasteiger partial charge in [0.25, 0.3) is 11.7 Å². The lowest BCUT2D eigenvalue weighted by Gasteiger charge is -2.21. The summed E-state index contributed by atoms with van der Waals surface area (Å²) in [5.41, 5.74) is 0.715. The van der Waals surface area contributed by atoms with Gasteiger partial charge in [0.05, 0.1) is 5.56 Å². The highest BCUT2D eigenvalue weighted by Gasteiger charge is 2.35. The predicted molar refractivity (Wildman–Crippen MR) is 89.9 cm³/mol. The van der Waals surface area contributed by atoms with Crippen molar-refractivity contribution in [2.75, 3.05) is 0 Å². The fraction of sp³-hybridized carbons (Fsp3) is 0.333. The number of fused-ring (bicyclic) bond motifs is 1. The molecule has 27 heavy (non-hydrogen) atoms. The average Bonchev–Trinajstić information content (AvgIpc) is 3.37. The SMILES string of the molecule is Cc1ccnc2nc(C(=O)N(Cc3ccc(C(F)(F)F)cc3)C3CC3)nn12. The Balaban J connectivity index is 1.58. The van der Waals surface area contributed by atoms with Crippen molar-refractivity contribution in [3.63, 3.8) is 0 Å². The van der Waals surface area contributed by atoms with E-state index in [9.17, 15) is 18.0 Å². The third-order valence-corrected chi connectivity index (χ3v) is 4.50. The van der Waals surface area contributed by atoms with E-state index in [1.807, 2.05) is 6.92 Å². The van der Waals surface area contributed by atoms with Crippen LogP contribution in [0.15, 0.2) is 36.5 Å². The summed E-state index contributed by atoms with van der Waals surface area (Å²) in [5.74, 6) is 0.0292. The number of carbonyl (C=O) groups excluding carboxylic acids is 1. The van der Waals surface area contributed by atoms with Crippen LogP contribution in [0.25, 0.3) is 5.78 Å². The molecular weight excluding hydrogens is 359 g/mol. The summed E-state index contributed by atoms with van der Waals surface area (Å²) in [5, 5.41) is 4.23. The smallest absolute Gasteiger partial charge is 0.329 e. The van der Waals surface area contributed by atoms with Gasteiger partial charge >= 0.3 is 6.18 Å². The van der Waals surface area contributed by atoms with Gasteiger partial charge in [-0.2, -0.15) is 18.2 Å². The van der Waals surface area contributed by atoms with Crippen LogP contribution in [0.2, 0.25) is 0 Å². The van der Waals surface area contributed by atoms with Crippen LogP contribution in [0.3, 0.4) is 0 Å². The summed E-state index contributed by atoms with van der Waals surface area (Å²) in [6.07, 6.45) is -1.07. The third kappa shape index (κ3) is 3.49. The number of halogens is 3.